The van der Waals surface area contributed by atoms with Crippen LogP contribution in [0, 0.1) is 12.3 Å². The molecule has 5 heteroatoms. The average molecular weight is 235 g/mol. The number of nitrogens with two attached hydrogens (primary N) is 1. The summed E-state index contributed by atoms with van der Waals surface area (Å²) in [4.78, 5) is 0. The second kappa shape index (κ2) is 3.98. The molecule has 0 fully saturated rings. The Kier molecular flexibility index (Phi) is 2.66. The highest BCUT2D eigenvalue weighted by Gasteiger charge is 2.11. The summed E-state index contributed by atoms with van der Waals surface area (Å²) < 4.78 is 1.66. The number of hydrogen-bond acceptors (Lipinski definition) is 2. The molecule has 0 amide bonds. The van der Waals surface area contributed by atoms with Crippen LogP contribution >= 0.6 is 11.6 Å². The Hall–Kier alpha value is -1.81. The van der Waals surface area contributed by atoms with Gasteiger partial charge < -0.3 is 5.73 Å². The fourth-order valence-corrected chi connectivity index (χ4v) is 1.79. The third-order valence-electron chi connectivity index (χ3n) is 2.23. The van der Waals surface area contributed by atoms with E-state index in [9.17, 15) is 0 Å². The van der Waals surface area contributed by atoms with Gasteiger partial charge in [0.05, 0.1) is 22.0 Å². The lowest BCUT2D eigenvalue weighted by molar-refractivity contribution is 0.860. The summed E-state index contributed by atoms with van der Waals surface area (Å²) in [6.07, 6.45) is 1.81. The van der Waals surface area contributed by atoms with Crippen LogP contribution in [0.5, 0.6) is 0 Å². The molecule has 0 saturated heterocycles. The second-order valence-electron chi connectivity index (χ2n) is 3.45. The van der Waals surface area contributed by atoms with Gasteiger partial charge in [0.2, 0.25) is 0 Å². The van der Waals surface area contributed by atoms with Gasteiger partial charge in [0.1, 0.15) is 5.84 Å². The summed E-state index contributed by atoms with van der Waals surface area (Å²) in [5, 5.41) is 12.3. The molecule has 2 rings (SSSR count). The lowest BCUT2D eigenvalue weighted by Crippen LogP contribution is -2.15. The first-order chi connectivity index (χ1) is 7.59. The highest BCUT2D eigenvalue weighted by Crippen LogP contribution is 2.22. The van der Waals surface area contributed by atoms with Crippen molar-refractivity contribution in [2.75, 3.05) is 0 Å². The summed E-state index contributed by atoms with van der Waals surface area (Å²) in [5.41, 5.74) is 7.64. The topological polar surface area (TPSA) is 67.7 Å². The van der Waals surface area contributed by atoms with E-state index in [2.05, 4.69) is 5.10 Å². The molecular formula is C11H11ClN4. The van der Waals surface area contributed by atoms with Gasteiger partial charge >= 0.3 is 0 Å². The molecule has 82 valence electrons. The van der Waals surface area contributed by atoms with Gasteiger partial charge in [0, 0.05) is 6.20 Å². The number of amidine groups is 1. The molecule has 3 N–H and O–H groups in total. The number of nitrogen functional groups attached to an aromatic ring is 1. The Balaban J connectivity index is 2.65. The zero-order valence-corrected chi connectivity index (χ0v) is 9.49. The molecule has 0 aliphatic carbocycles. The molecule has 0 atom stereocenters. The molecule has 0 aliphatic heterocycles. The van der Waals surface area contributed by atoms with Gasteiger partial charge in [-0.1, -0.05) is 17.7 Å². The smallest absolute Gasteiger partial charge is 0.126 e. The van der Waals surface area contributed by atoms with Crippen molar-refractivity contribution >= 4 is 17.4 Å². The fraction of sp³-hybridized carbons (Fsp3) is 0.0909. The number of halogens is 1. The maximum Gasteiger partial charge on any atom is 0.126 e. The lowest BCUT2D eigenvalue weighted by Gasteiger charge is -2.09. The van der Waals surface area contributed by atoms with E-state index in [-0.39, 0.29) is 5.84 Å². The Morgan fingerprint density at radius 1 is 1.44 bits per heavy atom. The van der Waals surface area contributed by atoms with Crippen molar-refractivity contribution < 1.29 is 0 Å². The SMILES string of the molecule is Cc1ccn(-c2cccc(Cl)c2C(=N)N)n1. The van der Waals surface area contributed by atoms with Crippen molar-refractivity contribution in [3.8, 4) is 5.69 Å². The van der Waals surface area contributed by atoms with Gasteiger partial charge in [-0.25, -0.2) is 4.68 Å². The van der Waals surface area contributed by atoms with Crippen molar-refractivity contribution in [3.05, 3.63) is 46.7 Å². The summed E-state index contributed by atoms with van der Waals surface area (Å²) >= 11 is 6.02. The van der Waals surface area contributed by atoms with Gasteiger partial charge in [0.25, 0.3) is 0 Å². The van der Waals surface area contributed by atoms with Crippen molar-refractivity contribution in [2.45, 2.75) is 6.92 Å². The molecule has 0 unspecified atom stereocenters. The van der Waals surface area contributed by atoms with Gasteiger partial charge in [-0.05, 0) is 25.1 Å². The second-order valence-corrected chi connectivity index (χ2v) is 3.86. The van der Waals surface area contributed by atoms with Crippen LogP contribution in [0.15, 0.2) is 30.5 Å². The number of nitrogens with zero attached hydrogens (tertiary/aromatic N) is 2. The van der Waals surface area contributed by atoms with Crippen molar-refractivity contribution in [2.24, 2.45) is 5.73 Å². The van der Waals surface area contributed by atoms with Crippen molar-refractivity contribution in [1.29, 1.82) is 5.41 Å². The fourth-order valence-electron chi connectivity index (χ4n) is 1.52. The van der Waals surface area contributed by atoms with Gasteiger partial charge in [0.15, 0.2) is 0 Å². The third kappa shape index (κ3) is 1.79. The van der Waals surface area contributed by atoms with Crippen molar-refractivity contribution in [3.63, 3.8) is 0 Å². The average Bonchev–Trinajstić information content (AvgIpc) is 2.63. The van der Waals surface area contributed by atoms with E-state index < -0.39 is 0 Å². The quantitative estimate of drug-likeness (QED) is 0.617. The molecule has 0 saturated carbocycles. The molecular weight excluding hydrogens is 224 g/mol. The van der Waals surface area contributed by atoms with Crippen LogP contribution in [0.25, 0.3) is 5.69 Å². The Bertz CT molecular complexity index is 545. The number of hydrogen-bond donors (Lipinski definition) is 2. The largest absolute Gasteiger partial charge is 0.384 e. The van der Waals surface area contributed by atoms with Crippen LogP contribution in [-0.2, 0) is 0 Å². The predicted molar refractivity (Wildman–Crippen MR) is 64.3 cm³/mol. The molecule has 2 aromatic rings. The maximum absolute atomic E-state index is 7.53. The van der Waals surface area contributed by atoms with E-state index in [1.807, 2.05) is 25.3 Å². The van der Waals surface area contributed by atoms with Crippen LogP contribution in [0.2, 0.25) is 5.02 Å². The molecule has 1 aromatic carbocycles. The maximum atomic E-state index is 7.53. The van der Waals surface area contributed by atoms with Crippen molar-refractivity contribution in [1.82, 2.24) is 9.78 Å². The number of aromatic nitrogens is 2. The summed E-state index contributed by atoms with van der Waals surface area (Å²) in [7, 11) is 0. The highest BCUT2D eigenvalue weighted by atomic mass is 35.5. The Morgan fingerprint density at radius 3 is 2.75 bits per heavy atom. The van der Waals surface area contributed by atoms with Crippen LogP contribution in [0.1, 0.15) is 11.3 Å². The van der Waals surface area contributed by atoms with E-state index >= 15 is 0 Å². The molecule has 4 nitrogen and oxygen atoms in total. The molecule has 1 aromatic heterocycles. The van der Waals surface area contributed by atoms with Crippen LogP contribution in [0.3, 0.4) is 0 Å². The van der Waals surface area contributed by atoms with Crippen LogP contribution in [-0.4, -0.2) is 15.6 Å². The minimum absolute atomic E-state index is 0.0613. The molecule has 0 bridgehead atoms. The molecule has 0 radical (unpaired) electrons. The summed E-state index contributed by atoms with van der Waals surface area (Å²) in [6, 6.07) is 7.22. The number of benzene rings is 1. The van der Waals surface area contributed by atoms with Crippen LogP contribution < -0.4 is 5.73 Å². The minimum atomic E-state index is -0.0613. The lowest BCUT2D eigenvalue weighted by atomic mass is 10.1. The zero-order valence-electron chi connectivity index (χ0n) is 8.74. The highest BCUT2D eigenvalue weighted by molar-refractivity contribution is 6.34. The first kappa shape index (κ1) is 10.7. The standard InChI is InChI=1S/C11H11ClN4/c1-7-5-6-16(15-7)9-4-2-3-8(12)10(9)11(13)14/h2-6H,1H3,(H3,13,14). The van der Waals surface area contributed by atoms with Gasteiger partial charge in [-0.3, -0.25) is 5.41 Å². The molecule has 16 heavy (non-hydrogen) atoms. The minimum Gasteiger partial charge on any atom is -0.384 e. The molecule has 0 spiro atoms. The van der Waals surface area contributed by atoms with Crippen LogP contribution in [0.4, 0.5) is 0 Å². The van der Waals surface area contributed by atoms with Gasteiger partial charge in [-0.15, -0.1) is 0 Å². The number of aryl methyl sites for hydroxylation is 1. The number of nitrogens with one attached hydrogen (secondary N) is 1. The Morgan fingerprint density at radius 2 is 2.19 bits per heavy atom. The summed E-state index contributed by atoms with van der Waals surface area (Å²) in [6.45, 7) is 1.90. The Labute approximate surface area is 98.2 Å². The van der Waals surface area contributed by atoms with E-state index in [4.69, 9.17) is 22.7 Å². The first-order valence-corrected chi connectivity index (χ1v) is 5.13. The predicted octanol–water partition coefficient (Wildman–Crippen LogP) is 2.12. The number of rotatable bonds is 2. The molecule has 1 heterocycles. The first-order valence-electron chi connectivity index (χ1n) is 4.75. The normalized spacial score (nSPS) is 10.4. The third-order valence-corrected chi connectivity index (χ3v) is 2.55. The van der Waals surface area contributed by atoms with E-state index in [0.717, 1.165) is 5.69 Å². The zero-order chi connectivity index (χ0) is 11.7. The monoisotopic (exact) mass is 234 g/mol. The van der Waals surface area contributed by atoms with Gasteiger partial charge in [-0.2, -0.15) is 5.10 Å². The van der Waals surface area contributed by atoms with E-state index in [1.165, 1.54) is 0 Å². The van der Waals surface area contributed by atoms with E-state index in [0.29, 0.717) is 16.3 Å². The molecule has 0 aliphatic rings. The summed E-state index contributed by atoms with van der Waals surface area (Å²) in [5.74, 6) is -0.0613. The van der Waals surface area contributed by atoms with E-state index in [1.54, 1.807) is 16.8 Å².